The Kier molecular flexibility index (Phi) is 4.27. The van der Waals surface area contributed by atoms with E-state index in [1.807, 2.05) is 23.1 Å². The van der Waals surface area contributed by atoms with Gasteiger partial charge in [0.1, 0.15) is 5.75 Å². The molecule has 0 saturated carbocycles. The van der Waals surface area contributed by atoms with Crippen molar-refractivity contribution in [2.24, 2.45) is 5.92 Å². The molecule has 2 atom stereocenters. The molecule has 0 aromatic heterocycles. The van der Waals surface area contributed by atoms with E-state index in [4.69, 9.17) is 4.74 Å². The molecule has 0 bridgehead atoms. The third-order valence-electron chi connectivity index (χ3n) is 3.40. The molecule has 1 fully saturated rings. The fourth-order valence-electron chi connectivity index (χ4n) is 2.24. The summed E-state index contributed by atoms with van der Waals surface area (Å²) in [5.74, 6) is 1.32. The highest BCUT2D eigenvalue weighted by Gasteiger charge is 2.27. The molecule has 0 spiro atoms. The van der Waals surface area contributed by atoms with E-state index in [0.717, 1.165) is 25.3 Å². The van der Waals surface area contributed by atoms with E-state index >= 15 is 0 Å². The Bertz CT molecular complexity index is 436. The monoisotopic (exact) mass is 311 g/mol. The average molecular weight is 312 g/mol. The lowest BCUT2D eigenvalue weighted by Crippen LogP contribution is -2.43. The van der Waals surface area contributed by atoms with E-state index in [-0.39, 0.29) is 5.91 Å². The van der Waals surface area contributed by atoms with Gasteiger partial charge >= 0.3 is 0 Å². The number of nitrogens with zero attached hydrogens (tertiary/aromatic N) is 1. The molecule has 98 valence electrons. The van der Waals surface area contributed by atoms with E-state index in [1.165, 1.54) is 0 Å². The molecular weight excluding hydrogens is 294 g/mol. The van der Waals surface area contributed by atoms with Gasteiger partial charge in [-0.15, -0.1) is 0 Å². The van der Waals surface area contributed by atoms with Crippen molar-refractivity contribution in [2.45, 2.75) is 18.2 Å². The first-order chi connectivity index (χ1) is 8.61. The number of rotatable bonds is 2. The van der Waals surface area contributed by atoms with Crippen molar-refractivity contribution in [2.75, 3.05) is 20.2 Å². The minimum atomic E-state index is 0.0974. The first kappa shape index (κ1) is 13.4. The van der Waals surface area contributed by atoms with Crippen LogP contribution in [0, 0.1) is 5.92 Å². The molecule has 0 radical (unpaired) electrons. The number of benzene rings is 1. The molecule has 3 nitrogen and oxygen atoms in total. The third-order valence-corrected chi connectivity index (χ3v) is 4.76. The van der Waals surface area contributed by atoms with Crippen molar-refractivity contribution in [3.8, 4) is 5.75 Å². The van der Waals surface area contributed by atoms with Crippen LogP contribution < -0.4 is 4.74 Å². The lowest BCUT2D eigenvalue weighted by molar-refractivity contribution is 0.0690. The zero-order valence-electron chi connectivity index (χ0n) is 10.7. The molecule has 2 rings (SSSR count). The van der Waals surface area contributed by atoms with Gasteiger partial charge in [0, 0.05) is 23.5 Å². The first-order valence-corrected chi connectivity index (χ1v) is 7.10. The summed E-state index contributed by atoms with van der Waals surface area (Å²) in [5, 5.41) is 0. The smallest absolute Gasteiger partial charge is 0.253 e. The minimum absolute atomic E-state index is 0.0974. The molecule has 1 saturated heterocycles. The lowest BCUT2D eigenvalue weighted by Gasteiger charge is -2.34. The fourth-order valence-corrected chi connectivity index (χ4v) is 2.61. The zero-order chi connectivity index (χ0) is 13.1. The van der Waals surface area contributed by atoms with Crippen LogP contribution in [-0.4, -0.2) is 35.8 Å². The molecule has 1 heterocycles. The predicted octanol–water partition coefficient (Wildman–Crippen LogP) is 2.94. The summed E-state index contributed by atoms with van der Waals surface area (Å²) in [7, 11) is 1.61. The Hall–Kier alpha value is -1.03. The van der Waals surface area contributed by atoms with E-state index in [9.17, 15) is 4.79 Å². The van der Waals surface area contributed by atoms with E-state index < -0.39 is 0 Å². The molecular formula is C14H18BrNO2. The summed E-state index contributed by atoms with van der Waals surface area (Å²) in [6.45, 7) is 3.80. The molecule has 1 amide bonds. The summed E-state index contributed by atoms with van der Waals surface area (Å²) >= 11 is 3.65. The number of carbonyl (C=O) groups excluding carboxylic acids is 1. The maximum atomic E-state index is 12.4. The van der Waals surface area contributed by atoms with Crippen LogP contribution in [0.3, 0.4) is 0 Å². The molecule has 1 aromatic carbocycles. The lowest BCUT2D eigenvalue weighted by atomic mass is 9.99. The van der Waals surface area contributed by atoms with Crippen LogP contribution in [0.4, 0.5) is 0 Å². The quantitative estimate of drug-likeness (QED) is 0.786. The van der Waals surface area contributed by atoms with Crippen molar-refractivity contribution in [3.05, 3.63) is 29.8 Å². The number of ether oxygens (including phenoxy) is 1. The van der Waals surface area contributed by atoms with Crippen molar-refractivity contribution >= 4 is 21.8 Å². The molecule has 4 heteroatoms. The second-order valence-electron chi connectivity index (χ2n) is 4.77. The number of amides is 1. The Morgan fingerprint density at radius 2 is 2.28 bits per heavy atom. The molecule has 1 aliphatic rings. The van der Waals surface area contributed by atoms with E-state index in [1.54, 1.807) is 13.2 Å². The summed E-state index contributed by atoms with van der Waals surface area (Å²) in [4.78, 5) is 14.8. The molecule has 0 aliphatic carbocycles. The Balaban J connectivity index is 2.11. The summed E-state index contributed by atoms with van der Waals surface area (Å²) in [5.41, 5.74) is 0.703. The van der Waals surface area contributed by atoms with Crippen LogP contribution in [0.2, 0.25) is 0 Å². The summed E-state index contributed by atoms with van der Waals surface area (Å²) < 4.78 is 5.15. The number of hydrogen-bond acceptors (Lipinski definition) is 2. The molecule has 0 N–H and O–H groups in total. The van der Waals surface area contributed by atoms with Crippen LogP contribution >= 0.6 is 15.9 Å². The van der Waals surface area contributed by atoms with Crippen molar-refractivity contribution in [3.63, 3.8) is 0 Å². The van der Waals surface area contributed by atoms with Gasteiger partial charge in [0.05, 0.1) is 7.11 Å². The predicted molar refractivity (Wildman–Crippen MR) is 75.4 cm³/mol. The number of carbonyl (C=O) groups is 1. The average Bonchev–Trinajstić information content (AvgIpc) is 2.41. The van der Waals surface area contributed by atoms with Gasteiger partial charge in [-0.1, -0.05) is 28.9 Å². The van der Waals surface area contributed by atoms with Crippen LogP contribution in [0.25, 0.3) is 0 Å². The normalized spacial score (nSPS) is 23.8. The number of likely N-dealkylation sites (tertiary alicyclic amines) is 1. The van der Waals surface area contributed by atoms with Gasteiger partial charge in [-0.25, -0.2) is 0 Å². The maximum absolute atomic E-state index is 12.4. The first-order valence-electron chi connectivity index (χ1n) is 6.19. The fraction of sp³-hybridized carbons (Fsp3) is 0.500. The van der Waals surface area contributed by atoms with Gasteiger partial charge in [0.25, 0.3) is 5.91 Å². The van der Waals surface area contributed by atoms with Gasteiger partial charge in [-0.05, 0) is 30.5 Å². The van der Waals surface area contributed by atoms with Crippen LogP contribution in [0.15, 0.2) is 24.3 Å². The Morgan fingerprint density at radius 1 is 1.50 bits per heavy atom. The van der Waals surface area contributed by atoms with Crippen molar-refractivity contribution in [1.82, 2.24) is 4.90 Å². The molecule has 2 unspecified atom stereocenters. The third kappa shape index (κ3) is 2.86. The second kappa shape index (κ2) is 5.74. The summed E-state index contributed by atoms with van der Waals surface area (Å²) in [6, 6.07) is 7.35. The highest BCUT2D eigenvalue weighted by atomic mass is 79.9. The Labute approximate surface area is 116 Å². The minimum Gasteiger partial charge on any atom is -0.497 e. The summed E-state index contributed by atoms with van der Waals surface area (Å²) in [6.07, 6.45) is 1.01. The van der Waals surface area contributed by atoms with E-state index in [0.29, 0.717) is 16.3 Å². The van der Waals surface area contributed by atoms with Gasteiger partial charge in [-0.3, -0.25) is 4.79 Å². The number of methoxy groups -OCH3 is 1. The van der Waals surface area contributed by atoms with Crippen molar-refractivity contribution in [1.29, 1.82) is 0 Å². The van der Waals surface area contributed by atoms with Crippen LogP contribution in [0.1, 0.15) is 23.7 Å². The SMILES string of the molecule is COc1cccc(C(=O)N2CCC(Br)C(C)C2)c1. The van der Waals surface area contributed by atoms with Crippen molar-refractivity contribution < 1.29 is 9.53 Å². The van der Waals surface area contributed by atoms with Gasteiger partial charge < -0.3 is 9.64 Å². The van der Waals surface area contributed by atoms with Gasteiger partial charge in [0.15, 0.2) is 0 Å². The molecule has 1 aliphatic heterocycles. The number of hydrogen-bond donors (Lipinski definition) is 0. The number of halogens is 1. The van der Waals surface area contributed by atoms with Crippen LogP contribution in [-0.2, 0) is 0 Å². The Morgan fingerprint density at radius 3 is 2.94 bits per heavy atom. The molecule has 18 heavy (non-hydrogen) atoms. The van der Waals surface area contributed by atoms with E-state index in [2.05, 4.69) is 22.9 Å². The van der Waals surface area contributed by atoms with Crippen LogP contribution in [0.5, 0.6) is 5.75 Å². The van der Waals surface area contributed by atoms with Gasteiger partial charge in [0.2, 0.25) is 0 Å². The zero-order valence-corrected chi connectivity index (χ0v) is 12.3. The number of alkyl halides is 1. The highest BCUT2D eigenvalue weighted by Crippen LogP contribution is 2.25. The topological polar surface area (TPSA) is 29.5 Å². The maximum Gasteiger partial charge on any atom is 0.253 e. The second-order valence-corrected chi connectivity index (χ2v) is 5.94. The highest BCUT2D eigenvalue weighted by molar-refractivity contribution is 9.09. The molecule has 1 aromatic rings. The van der Waals surface area contributed by atoms with Gasteiger partial charge in [-0.2, -0.15) is 0 Å². The number of piperidine rings is 1. The largest absolute Gasteiger partial charge is 0.497 e. The standard InChI is InChI=1S/C14H18BrNO2/c1-10-9-16(7-6-13(10)15)14(17)11-4-3-5-12(8-11)18-2/h3-5,8,10,13H,6-7,9H2,1-2H3.